The quantitative estimate of drug-likeness (QED) is 0.468. The van der Waals surface area contributed by atoms with E-state index in [1.165, 1.54) is 6.07 Å². The maximum atomic E-state index is 9.72. The molecule has 0 radical (unpaired) electrons. The predicted molar refractivity (Wildman–Crippen MR) is 105 cm³/mol. The zero-order valence-electron chi connectivity index (χ0n) is 14.1. The van der Waals surface area contributed by atoms with Crippen LogP contribution < -0.4 is 10.2 Å². The lowest BCUT2D eigenvalue weighted by Crippen LogP contribution is -2.05. The third kappa shape index (κ3) is 5.26. The Morgan fingerprint density at radius 2 is 1.73 bits per heavy atom. The van der Waals surface area contributed by atoms with Gasteiger partial charge in [-0.2, -0.15) is 5.10 Å². The number of nitrogens with one attached hydrogen (secondary N) is 1. The minimum absolute atomic E-state index is 0.139. The van der Waals surface area contributed by atoms with E-state index >= 15 is 0 Å². The van der Waals surface area contributed by atoms with Crippen LogP contribution in [0.4, 0.5) is 0 Å². The molecule has 0 heterocycles. The predicted octanol–water partition coefficient (Wildman–Crippen LogP) is 4.75. The van der Waals surface area contributed by atoms with Crippen LogP contribution in [0.1, 0.15) is 16.7 Å². The van der Waals surface area contributed by atoms with Crippen LogP contribution in [0, 0.1) is 0 Å². The number of phenolic OH excluding ortho intramolecular Hbond substituents is 1. The molecule has 132 valence electrons. The Hall–Kier alpha value is -2.98. The highest BCUT2D eigenvalue weighted by Gasteiger charge is 1.99. The highest BCUT2D eigenvalue weighted by Crippen LogP contribution is 2.19. The molecule has 0 bridgehead atoms. The van der Waals surface area contributed by atoms with E-state index in [1.807, 2.05) is 54.6 Å². The van der Waals surface area contributed by atoms with Gasteiger partial charge in [-0.3, -0.25) is 0 Å². The van der Waals surface area contributed by atoms with Gasteiger partial charge in [0.2, 0.25) is 0 Å². The zero-order valence-corrected chi connectivity index (χ0v) is 14.9. The molecular weight excluding hydrogens is 348 g/mol. The summed E-state index contributed by atoms with van der Waals surface area (Å²) in [5.41, 5.74) is 5.72. The second-order valence-electron chi connectivity index (χ2n) is 5.71. The molecule has 3 aromatic carbocycles. The highest BCUT2D eigenvalue weighted by atomic mass is 35.5. The van der Waals surface area contributed by atoms with E-state index in [9.17, 15) is 5.11 Å². The van der Waals surface area contributed by atoms with E-state index in [0.29, 0.717) is 23.7 Å². The van der Waals surface area contributed by atoms with Crippen LogP contribution in [0.25, 0.3) is 0 Å². The number of benzene rings is 3. The third-order valence-corrected chi connectivity index (χ3v) is 3.97. The number of halogens is 1. The Morgan fingerprint density at radius 1 is 0.962 bits per heavy atom. The maximum Gasteiger partial charge on any atom is 0.124 e. The fraction of sp³-hybridized carbons (Fsp3) is 0.0952. The third-order valence-electron chi connectivity index (χ3n) is 3.74. The summed E-state index contributed by atoms with van der Waals surface area (Å²) in [6.07, 6.45) is 1.54. The van der Waals surface area contributed by atoms with Gasteiger partial charge in [0.15, 0.2) is 0 Å². The van der Waals surface area contributed by atoms with Crippen LogP contribution in [0.3, 0.4) is 0 Å². The fourth-order valence-electron chi connectivity index (χ4n) is 2.33. The summed E-state index contributed by atoms with van der Waals surface area (Å²) in [5, 5.41) is 14.4. The van der Waals surface area contributed by atoms with Gasteiger partial charge in [0, 0.05) is 10.6 Å². The lowest BCUT2D eigenvalue weighted by molar-refractivity contribution is 0.306. The van der Waals surface area contributed by atoms with Crippen LogP contribution >= 0.6 is 11.6 Å². The van der Waals surface area contributed by atoms with Gasteiger partial charge in [-0.15, -0.1) is 0 Å². The standard InChI is InChI=1S/C21H19ClN2O2/c22-19-8-11-21(25)18(12-19)14-24-23-13-16-6-9-20(10-7-16)26-15-17-4-2-1-3-5-17/h1-12,14,23,25H,13,15H2/b24-14+. The van der Waals surface area contributed by atoms with Crippen molar-refractivity contribution in [1.82, 2.24) is 5.43 Å². The minimum atomic E-state index is 0.139. The highest BCUT2D eigenvalue weighted by molar-refractivity contribution is 6.30. The summed E-state index contributed by atoms with van der Waals surface area (Å²) in [6.45, 7) is 1.11. The van der Waals surface area contributed by atoms with Crippen molar-refractivity contribution >= 4 is 17.8 Å². The van der Waals surface area contributed by atoms with Gasteiger partial charge in [-0.1, -0.05) is 54.1 Å². The smallest absolute Gasteiger partial charge is 0.124 e. The van der Waals surface area contributed by atoms with E-state index in [0.717, 1.165) is 16.9 Å². The first-order valence-corrected chi connectivity index (χ1v) is 8.58. The van der Waals surface area contributed by atoms with Crippen molar-refractivity contribution in [3.05, 3.63) is 94.5 Å². The number of hydrogen-bond donors (Lipinski definition) is 2. The number of nitrogens with zero attached hydrogens (tertiary/aromatic N) is 1. The fourth-order valence-corrected chi connectivity index (χ4v) is 2.51. The molecule has 0 aromatic heterocycles. The van der Waals surface area contributed by atoms with E-state index in [4.69, 9.17) is 16.3 Å². The normalized spacial score (nSPS) is 10.8. The molecule has 0 aliphatic heterocycles. The van der Waals surface area contributed by atoms with Crippen LogP contribution in [0.15, 0.2) is 77.9 Å². The van der Waals surface area contributed by atoms with Crippen molar-refractivity contribution in [3.63, 3.8) is 0 Å². The molecule has 0 unspecified atom stereocenters. The lowest BCUT2D eigenvalue weighted by Gasteiger charge is -2.07. The molecular formula is C21H19ClN2O2. The molecule has 5 heteroatoms. The van der Waals surface area contributed by atoms with Crippen molar-refractivity contribution in [2.75, 3.05) is 0 Å². The number of ether oxygens (including phenoxy) is 1. The van der Waals surface area contributed by atoms with E-state index in [1.54, 1.807) is 18.3 Å². The molecule has 0 amide bonds. The molecule has 0 atom stereocenters. The van der Waals surface area contributed by atoms with Gasteiger partial charge >= 0.3 is 0 Å². The van der Waals surface area contributed by atoms with Gasteiger partial charge in [-0.25, -0.2) is 0 Å². The summed E-state index contributed by atoms with van der Waals surface area (Å²) in [5.74, 6) is 0.963. The average molecular weight is 367 g/mol. The molecule has 3 aromatic rings. The van der Waals surface area contributed by atoms with Gasteiger partial charge in [0.1, 0.15) is 18.1 Å². The molecule has 3 rings (SSSR count). The monoisotopic (exact) mass is 366 g/mol. The summed E-state index contributed by atoms with van der Waals surface area (Å²) in [7, 11) is 0. The molecule has 0 aliphatic rings. The number of aromatic hydroxyl groups is 1. The maximum absolute atomic E-state index is 9.72. The molecule has 0 saturated carbocycles. The summed E-state index contributed by atoms with van der Waals surface area (Å²) in [6, 6.07) is 22.7. The Bertz CT molecular complexity index is 865. The first-order valence-electron chi connectivity index (χ1n) is 8.21. The molecule has 0 fully saturated rings. The zero-order chi connectivity index (χ0) is 18.2. The van der Waals surface area contributed by atoms with Crippen LogP contribution in [0.2, 0.25) is 5.02 Å². The SMILES string of the molecule is Oc1ccc(Cl)cc1/C=N/NCc1ccc(OCc2ccccc2)cc1. The first kappa shape index (κ1) is 17.8. The van der Waals surface area contributed by atoms with Crippen molar-refractivity contribution < 1.29 is 9.84 Å². The molecule has 2 N–H and O–H groups in total. The van der Waals surface area contributed by atoms with Crippen molar-refractivity contribution in [1.29, 1.82) is 0 Å². The van der Waals surface area contributed by atoms with E-state index < -0.39 is 0 Å². The largest absolute Gasteiger partial charge is 0.507 e. The second-order valence-corrected chi connectivity index (χ2v) is 6.15. The minimum Gasteiger partial charge on any atom is -0.507 e. The Morgan fingerprint density at radius 3 is 2.50 bits per heavy atom. The topological polar surface area (TPSA) is 53.9 Å². The van der Waals surface area contributed by atoms with Crippen molar-refractivity contribution in [3.8, 4) is 11.5 Å². The number of hydrogen-bond acceptors (Lipinski definition) is 4. The second kappa shape index (κ2) is 8.92. The van der Waals surface area contributed by atoms with Crippen molar-refractivity contribution in [2.45, 2.75) is 13.2 Å². The molecule has 0 saturated heterocycles. The van der Waals surface area contributed by atoms with E-state index in [2.05, 4.69) is 10.5 Å². The van der Waals surface area contributed by atoms with Crippen LogP contribution in [-0.2, 0) is 13.2 Å². The number of rotatable bonds is 7. The molecule has 26 heavy (non-hydrogen) atoms. The Labute approximate surface area is 157 Å². The van der Waals surface area contributed by atoms with Gasteiger partial charge in [0.25, 0.3) is 0 Å². The van der Waals surface area contributed by atoms with Crippen LogP contribution in [0.5, 0.6) is 11.5 Å². The Kier molecular flexibility index (Phi) is 6.12. The lowest BCUT2D eigenvalue weighted by atomic mass is 10.2. The van der Waals surface area contributed by atoms with Gasteiger partial charge in [-0.05, 0) is 41.5 Å². The Balaban J connectivity index is 1.48. The summed E-state index contributed by atoms with van der Waals surface area (Å²) in [4.78, 5) is 0. The first-order chi connectivity index (χ1) is 12.7. The van der Waals surface area contributed by atoms with Crippen molar-refractivity contribution in [2.24, 2.45) is 5.10 Å². The van der Waals surface area contributed by atoms with Gasteiger partial charge in [0.05, 0.1) is 12.8 Å². The summed E-state index contributed by atoms with van der Waals surface area (Å²) >= 11 is 5.90. The van der Waals surface area contributed by atoms with E-state index in [-0.39, 0.29) is 5.75 Å². The number of hydrazone groups is 1. The molecule has 0 aliphatic carbocycles. The van der Waals surface area contributed by atoms with Gasteiger partial charge < -0.3 is 15.3 Å². The molecule has 4 nitrogen and oxygen atoms in total. The number of phenols is 1. The van der Waals surface area contributed by atoms with Crippen LogP contribution in [-0.4, -0.2) is 11.3 Å². The summed E-state index contributed by atoms with van der Waals surface area (Å²) < 4.78 is 5.76. The average Bonchev–Trinajstić information content (AvgIpc) is 2.68. The molecule has 0 spiro atoms.